The van der Waals surface area contributed by atoms with Gasteiger partial charge >= 0.3 is 6.18 Å². The molecule has 0 bridgehead atoms. The molecule has 0 spiro atoms. The van der Waals surface area contributed by atoms with E-state index in [1.54, 1.807) is 30.0 Å². The molecule has 0 radical (unpaired) electrons. The molecule has 2 aliphatic heterocycles. The van der Waals surface area contributed by atoms with Crippen LogP contribution in [0.25, 0.3) is 10.9 Å². The number of thioether (sulfide) groups is 1. The number of aromatic nitrogens is 1. The van der Waals surface area contributed by atoms with Gasteiger partial charge in [-0.1, -0.05) is 6.42 Å². The number of anilines is 1. The molecule has 2 aromatic rings. The monoisotopic (exact) mass is 511 g/mol. The molecule has 11 heteroatoms. The zero-order valence-electron chi connectivity index (χ0n) is 19.9. The van der Waals surface area contributed by atoms with Crippen molar-refractivity contribution in [3.05, 3.63) is 30.0 Å². The highest BCUT2D eigenvalue weighted by Gasteiger charge is 2.34. The fourth-order valence-corrected chi connectivity index (χ4v) is 5.53. The quantitative estimate of drug-likeness (QED) is 0.545. The molecular formula is C24H32F3N5O2S. The number of hydrogen-bond acceptors (Lipinski definition) is 7. The summed E-state index contributed by atoms with van der Waals surface area (Å²) in [5.41, 5.74) is 6.04. The predicted molar refractivity (Wildman–Crippen MR) is 133 cm³/mol. The molecule has 2 saturated heterocycles. The van der Waals surface area contributed by atoms with Gasteiger partial charge in [-0.05, 0) is 43.7 Å². The van der Waals surface area contributed by atoms with E-state index in [1.165, 1.54) is 7.11 Å². The van der Waals surface area contributed by atoms with Crippen molar-refractivity contribution < 1.29 is 22.7 Å². The number of unbranched alkanes of at least 4 members (excludes halogenated alkanes) is 1. The second-order valence-corrected chi connectivity index (χ2v) is 10.1. The van der Waals surface area contributed by atoms with E-state index >= 15 is 0 Å². The van der Waals surface area contributed by atoms with E-state index in [0.29, 0.717) is 41.9 Å². The predicted octanol–water partition coefficient (Wildman–Crippen LogP) is 3.41. The van der Waals surface area contributed by atoms with Gasteiger partial charge in [-0.25, -0.2) is 4.98 Å². The van der Waals surface area contributed by atoms with Crippen LogP contribution in [0.15, 0.2) is 24.3 Å². The number of piperazine rings is 1. The molecule has 1 unspecified atom stereocenters. The molecule has 7 nitrogen and oxygen atoms in total. The third-order valence-electron chi connectivity index (χ3n) is 6.62. The molecule has 1 aromatic carbocycles. The standard InChI is InChI=1S/C24H32F3N5O2S/c1-34-17-5-6-20-18(14-17)21(15-22(29-20)24(25,26)27)31-10-8-30(9-11-31)7-3-2-4-19(28)23(33)32-12-13-35-16-32/h5-6,14-15,19H,2-4,7-13,16,28H2,1H3. The highest BCUT2D eigenvalue weighted by atomic mass is 32.2. The normalized spacial score (nSPS) is 18.3. The van der Waals surface area contributed by atoms with Gasteiger partial charge in [-0.15, -0.1) is 11.8 Å². The smallest absolute Gasteiger partial charge is 0.433 e. The van der Waals surface area contributed by atoms with Gasteiger partial charge in [0.25, 0.3) is 0 Å². The van der Waals surface area contributed by atoms with E-state index in [9.17, 15) is 18.0 Å². The van der Waals surface area contributed by atoms with Crippen LogP contribution in [0.4, 0.5) is 18.9 Å². The average molecular weight is 512 g/mol. The van der Waals surface area contributed by atoms with E-state index in [1.807, 2.05) is 9.80 Å². The molecule has 0 saturated carbocycles. The van der Waals surface area contributed by atoms with Crippen LogP contribution in [0.2, 0.25) is 0 Å². The van der Waals surface area contributed by atoms with Crippen molar-refractivity contribution in [1.82, 2.24) is 14.8 Å². The first kappa shape index (κ1) is 25.8. The zero-order chi connectivity index (χ0) is 25.0. The third kappa shape index (κ3) is 6.31. The summed E-state index contributed by atoms with van der Waals surface area (Å²) < 4.78 is 45.8. The Kier molecular flexibility index (Phi) is 8.28. The van der Waals surface area contributed by atoms with Gasteiger partial charge in [0.1, 0.15) is 11.4 Å². The van der Waals surface area contributed by atoms with E-state index in [4.69, 9.17) is 10.5 Å². The molecule has 35 heavy (non-hydrogen) atoms. The molecule has 3 heterocycles. The van der Waals surface area contributed by atoms with Crippen LogP contribution in [0.1, 0.15) is 25.0 Å². The highest BCUT2D eigenvalue weighted by Crippen LogP contribution is 2.36. The maximum absolute atomic E-state index is 13.5. The summed E-state index contributed by atoms with van der Waals surface area (Å²) in [5.74, 6) is 2.34. The number of carbonyl (C=O) groups excluding carboxylic acids is 1. The van der Waals surface area contributed by atoms with Crippen molar-refractivity contribution >= 4 is 34.3 Å². The molecule has 2 N–H and O–H groups in total. The molecule has 1 aromatic heterocycles. The Morgan fingerprint density at radius 2 is 1.94 bits per heavy atom. The number of hydrogen-bond donors (Lipinski definition) is 1. The number of methoxy groups -OCH3 is 1. The fraction of sp³-hybridized carbons (Fsp3) is 0.583. The lowest BCUT2D eigenvalue weighted by molar-refractivity contribution is -0.141. The number of amides is 1. The molecular weight excluding hydrogens is 479 g/mol. The Morgan fingerprint density at radius 1 is 1.17 bits per heavy atom. The number of carbonyl (C=O) groups is 1. The minimum atomic E-state index is -4.51. The SMILES string of the molecule is COc1ccc2nc(C(F)(F)F)cc(N3CCN(CCCCC(N)C(=O)N4CCSC4)CC3)c2c1. The number of nitrogens with zero attached hydrogens (tertiary/aromatic N) is 4. The van der Waals surface area contributed by atoms with Crippen molar-refractivity contribution in [1.29, 1.82) is 0 Å². The second-order valence-electron chi connectivity index (χ2n) is 8.98. The number of rotatable bonds is 8. The lowest BCUT2D eigenvalue weighted by atomic mass is 10.1. The number of fused-ring (bicyclic) bond motifs is 1. The van der Waals surface area contributed by atoms with E-state index in [-0.39, 0.29) is 5.91 Å². The Balaban J connectivity index is 1.32. The Morgan fingerprint density at radius 3 is 2.60 bits per heavy atom. The summed E-state index contributed by atoms with van der Waals surface area (Å²) in [4.78, 5) is 22.3. The molecule has 192 valence electrons. The topological polar surface area (TPSA) is 74.9 Å². The van der Waals surface area contributed by atoms with E-state index in [0.717, 1.165) is 56.7 Å². The third-order valence-corrected chi connectivity index (χ3v) is 7.58. The fourth-order valence-electron chi connectivity index (χ4n) is 4.58. The molecule has 0 aliphatic carbocycles. The van der Waals surface area contributed by atoms with Gasteiger partial charge in [0.05, 0.1) is 24.5 Å². The summed E-state index contributed by atoms with van der Waals surface area (Å²) in [7, 11) is 1.53. The summed E-state index contributed by atoms with van der Waals surface area (Å²) in [6.45, 7) is 4.42. The van der Waals surface area contributed by atoms with Crippen LogP contribution in [0.3, 0.4) is 0 Å². The summed E-state index contributed by atoms with van der Waals surface area (Å²) in [5, 5.41) is 0.654. The first-order valence-electron chi connectivity index (χ1n) is 11.9. The van der Waals surface area contributed by atoms with Gasteiger partial charge in [0.15, 0.2) is 0 Å². The first-order chi connectivity index (χ1) is 16.8. The highest BCUT2D eigenvalue weighted by molar-refractivity contribution is 7.99. The lowest BCUT2D eigenvalue weighted by Gasteiger charge is -2.37. The maximum atomic E-state index is 13.5. The van der Waals surface area contributed by atoms with Crippen LogP contribution >= 0.6 is 11.8 Å². The molecule has 2 fully saturated rings. The largest absolute Gasteiger partial charge is 0.497 e. The summed E-state index contributed by atoms with van der Waals surface area (Å²) in [6.07, 6.45) is -2.03. The van der Waals surface area contributed by atoms with Crippen molar-refractivity contribution in [3.63, 3.8) is 0 Å². The molecule has 1 amide bonds. The second kappa shape index (κ2) is 11.2. The van der Waals surface area contributed by atoms with Crippen molar-refractivity contribution in [2.75, 3.05) is 62.9 Å². The Bertz CT molecular complexity index is 1020. The number of nitrogens with two attached hydrogens (primary N) is 1. The number of alkyl halides is 3. The average Bonchev–Trinajstić information content (AvgIpc) is 3.40. The first-order valence-corrected chi connectivity index (χ1v) is 13.1. The van der Waals surface area contributed by atoms with Crippen molar-refractivity contribution in [2.45, 2.75) is 31.5 Å². The number of pyridine rings is 1. The molecule has 2 aliphatic rings. The van der Waals surface area contributed by atoms with Crippen LogP contribution in [-0.4, -0.2) is 84.7 Å². The van der Waals surface area contributed by atoms with Crippen LogP contribution < -0.4 is 15.4 Å². The van der Waals surface area contributed by atoms with Gasteiger partial charge in [-0.3, -0.25) is 9.69 Å². The van der Waals surface area contributed by atoms with Crippen LogP contribution in [0.5, 0.6) is 5.75 Å². The van der Waals surface area contributed by atoms with E-state index in [2.05, 4.69) is 9.88 Å². The number of ether oxygens (including phenoxy) is 1. The minimum absolute atomic E-state index is 0.0445. The number of halogens is 3. The van der Waals surface area contributed by atoms with Crippen molar-refractivity contribution in [3.8, 4) is 5.75 Å². The maximum Gasteiger partial charge on any atom is 0.433 e. The minimum Gasteiger partial charge on any atom is -0.497 e. The zero-order valence-corrected chi connectivity index (χ0v) is 20.7. The van der Waals surface area contributed by atoms with Crippen molar-refractivity contribution in [2.24, 2.45) is 5.73 Å². The molecule has 4 rings (SSSR count). The molecule has 1 atom stereocenters. The summed E-state index contributed by atoms with van der Waals surface area (Å²) >= 11 is 1.75. The summed E-state index contributed by atoms with van der Waals surface area (Å²) in [6, 6.07) is 5.65. The van der Waals surface area contributed by atoms with Crippen LogP contribution in [0, 0.1) is 0 Å². The van der Waals surface area contributed by atoms with E-state index < -0.39 is 17.9 Å². The van der Waals surface area contributed by atoms with Gasteiger partial charge in [0, 0.05) is 49.6 Å². The van der Waals surface area contributed by atoms with Gasteiger partial charge < -0.3 is 20.3 Å². The number of benzene rings is 1. The lowest BCUT2D eigenvalue weighted by Crippen LogP contribution is -2.47. The van der Waals surface area contributed by atoms with Gasteiger partial charge in [0.2, 0.25) is 5.91 Å². The Hall–Kier alpha value is -2.24. The Labute approximate surface area is 207 Å². The van der Waals surface area contributed by atoms with Crippen LogP contribution in [-0.2, 0) is 11.0 Å². The van der Waals surface area contributed by atoms with Gasteiger partial charge in [-0.2, -0.15) is 13.2 Å².